The van der Waals surface area contributed by atoms with Gasteiger partial charge in [0.1, 0.15) is 0 Å². The van der Waals surface area contributed by atoms with Crippen LogP contribution in [-0.4, -0.2) is 55.0 Å². The van der Waals surface area contributed by atoms with Crippen LogP contribution in [0.25, 0.3) is 0 Å². The van der Waals surface area contributed by atoms with Crippen molar-refractivity contribution in [3.63, 3.8) is 0 Å². The number of amides is 1. The molecule has 1 amide bonds. The topological polar surface area (TPSA) is 49.6 Å². The van der Waals surface area contributed by atoms with Crippen LogP contribution in [0.3, 0.4) is 0 Å². The molecule has 0 aromatic rings. The predicted molar refractivity (Wildman–Crippen MR) is 66.2 cm³/mol. The van der Waals surface area contributed by atoms with Gasteiger partial charge in [-0.2, -0.15) is 0 Å². The number of nitrogens with two attached hydrogens (primary N) is 1. The third kappa shape index (κ3) is 4.49. The minimum atomic E-state index is 0.330. The Morgan fingerprint density at radius 1 is 1.25 bits per heavy atom. The summed E-state index contributed by atoms with van der Waals surface area (Å²) >= 11 is 0. The van der Waals surface area contributed by atoms with Gasteiger partial charge in [0.15, 0.2) is 0 Å². The monoisotopic (exact) mass is 227 g/mol. The first-order valence-corrected chi connectivity index (χ1v) is 6.48. The molecule has 4 nitrogen and oxygen atoms in total. The van der Waals surface area contributed by atoms with Gasteiger partial charge in [-0.25, -0.2) is 0 Å². The van der Waals surface area contributed by atoms with Crippen molar-refractivity contribution in [3.8, 4) is 0 Å². The van der Waals surface area contributed by atoms with Crippen LogP contribution >= 0.6 is 0 Å². The first-order valence-electron chi connectivity index (χ1n) is 6.48. The van der Waals surface area contributed by atoms with Gasteiger partial charge in [-0.1, -0.05) is 13.3 Å². The van der Waals surface area contributed by atoms with Crippen LogP contribution in [0, 0.1) is 0 Å². The fraction of sp³-hybridized carbons (Fsp3) is 0.917. The highest BCUT2D eigenvalue weighted by atomic mass is 16.2. The molecule has 0 bridgehead atoms. The molecule has 94 valence electrons. The third-order valence-electron chi connectivity index (χ3n) is 3.13. The van der Waals surface area contributed by atoms with Gasteiger partial charge in [-0.3, -0.25) is 4.79 Å². The number of nitrogens with zero attached hydrogens (tertiary/aromatic N) is 2. The van der Waals surface area contributed by atoms with Crippen LogP contribution in [0.5, 0.6) is 0 Å². The number of hydrogen-bond donors (Lipinski definition) is 1. The number of carbonyl (C=O) groups is 1. The molecule has 1 rings (SSSR count). The SMILES string of the molecule is CCCCC(=O)N1CCCN(CCN)CC1. The second kappa shape index (κ2) is 7.63. The molecular formula is C12H25N3O. The highest BCUT2D eigenvalue weighted by Crippen LogP contribution is 2.06. The van der Waals surface area contributed by atoms with Gasteiger partial charge < -0.3 is 15.5 Å². The molecule has 0 saturated carbocycles. The van der Waals surface area contributed by atoms with Crippen molar-refractivity contribution in [3.05, 3.63) is 0 Å². The van der Waals surface area contributed by atoms with Gasteiger partial charge in [-0.15, -0.1) is 0 Å². The molecule has 1 heterocycles. The van der Waals surface area contributed by atoms with Gasteiger partial charge in [0.2, 0.25) is 5.91 Å². The van der Waals surface area contributed by atoms with Crippen molar-refractivity contribution in [2.45, 2.75) is 32.6 Å². The number of carbonyl (C=O) groups excluding carboxylic acids is 1. The molecule has 16 heavy (non-hydrogen) atoms. The molecule has 0 unspecified atom stereocenters. The van der Waals surface area contributed by atoms with Crippen molar-refractivity contribution in [1.29, 1.82) is 0 Å². The van der Waals surface area contributed by atoms with Gasteiger partial charge in [0, 0.05) is 39.1 Å². The molecule has 0 radical (unpaired) electrons. The Morgan fingerprint density at radius 3 is 2.75 bits per heavy atom. The van der Waals surface area contributed by atoms with E-state index in [1.54, 1.807) is 0 Å². The number of rotatable bonds is 5. The van der Waals surface area contributed by atoms with Crippen molar-refractivity contribution in [2.75, 3.05) is 39.3 Å². The van der Waals surface area contributed by atoms with E-state index in [0.29, 0.717) is 18.9 Å². The summed E-state index contributed by atoms with van der Waals surface area (Å²) in [6.07, 6.45) is 3.91. The van der Waals surface area contributed by atoms with Crippen molar-refractivity contribution >= 4 is 5.91 Å². The Hall–Kier alpha value is -0.610. The molecule has 2 N–H and O–H groups in total. The predicted octanol–water partition coefficient (Wildman–Crippen LogP) is 0.670. The average Bonchev–Trinajstić information content (AvgIpc) is 2.52. The van der Waals surface area contributed by atoms with Gasteiger partial charge in [0.05, 0.1) is 0 Å². The van der Waals surface area contributed by atoms with E-state index in [1.807, 2.05) is 4.90 Å². The molecule has 1 aliphatic rings. The maximum Gasteiger partial charge on any atom is 0.222 e. The zero-order chi connectivity index (χ0) is 11.8. The Bertz CT molecular complexity index is 208. The van der Waals surface area contributed by atoms with Crippen LogP contribution in [0.15, 0.2) is 0 Å². The molecule has 1 saturated heterocycles. The fourth-order valence-corrected chi connectivity index (χ4v) is 2.11. The smallest absolute Gasteiger partial charge is 0.222 e. The van der Waals surface area contributed by atoms with Crippen LogP contribution in [0.4, 0.5) is 0 Å². The first-order chi connectivity index (χ1) is 7.77. The Kier molecular flexibility index (Phi) is 6.42. The Balaban J connectivity index is 2.31. The van der Waals surface area contributed by atoms with Gasteiger partial charge >= 0.3 is 0 Å². The summed E-state index contributed by atoms with van der Waals surface area (Å²) in [5.74, 6) is 0.330. The second-order valence-corrected chi connectivity index (χ2v) is 4.47. The summed E-state index contributed by atoms with van der Waals surface area (Å²) in [6.45, 7) is 7.65. The number of hydrogen-bond acceptors (Lipinski definition) is 3. The largest absolute Gasteiger partial charge is 0.341 e. The first kappa shape index (κ1) is 13.5. The maximum atomic E-state index is 11.9. The summed E-state index contributed by atoms with van der Waals surface area (Å²) in [4.78, 5) is 16.2. The second-order valence-electron chi connectivity index (χ2n) is 4.47. The molecule has 0 spiro atoms. The lowest BCUT2D eigenvalue weighted by molar-refractivity contribution is -0.131. The standard InChI is InChI=1S/C12H25N3O/c1-2-3-5-12(16)15-8-4-7-14(9-6-13)10-11-15/h2-11,13H2,1H3. The summed E-state index contributed by atoms with van der Waals surface area (Å²) in [5.41, 5.74) is 5.55. The summed E-state index contributed by atoms with van der Waals surface area (Å²) < 4.78 is 0. The summed E-state index contributed by atoms with van der Waals surface area (Å²) in [7, 11) is 0. The molecule has 0 aromatic carbocycles. The van der Waals surface area contributed by atoms with E-state index in [4.69, 9.17) is 5.73 Å². The lowest BCUT2D eigenvalue weighted by atomic mass is 10.2. The molecule has 0 atom stereocenters. The van der Waals surface area contributed by atoms with E-state index in [-0.39, 0.29) is 0 Å². The lowest BCUT2D eigenvalue weighted by Crippen LogP contribution is -2.36. The molecule has 0 aromatic heterocycles. The van der Waals surface area contributed by atoms with Gasteiger partial charge in [0.25, 0.3) is 0 Å². The van der Waals surface area contributed by atoms with Crippen LogP contribution in [0.1, 0.15) is 32.6 Å². The quantitative estimate of drug-likeness (QED) is 0.751. The normalized spacial score (nSPS) is 18.5. The fourth-order valence-electron chi connectivity index (χ4n) is 2.11. The minimum absolute atomic E-state index is 0.330. The number of unbranched alkanes of at least 4 members (excludes halogenated alkanes) is 1. The average molecular weight is 227 g/mol. The molecular weight excluding hydrogens is 202 g/mol. The summed E-state index contributed by atoms with van der Waals surface area (Å²) in [6, 6.07) is 0. The highest BCUT2D eigenvalue weighted by molar-refractivity contribution is 5.76. The van der Waals surface area contributed by atoms with Crippen molar-refractivity contribution < 1.29 is 4.79 Å². The molecule has 4 heteroatoms. The van der Waals surface area contributed by atoms with Gasteiger partial charge in [-0.05, 0) is 19.4 Å². The molecule has 1 aliphatic heterocycles. The van der Waals surface area contributed by atoms with E-state index in [2.05, 4.69) is 11.8 Å². The van der Waals surface area contributed by atoms with E-state index in [0.717, 1.165) is 52.0 Å². The zero-order valence-electron chi connectivity index (χ0n) is 10.5. The van der Waals surface area contributed by atoms with Crippen LogP contribution < -0.4 is 5.73 Å². The van der Waals surface area contributed by atoms with E-state index in [1.165, 1.54) is 0 Å². The van der Waals surface area contributed by atoms with E-state index >= 15 is 0 Å². The van der Waals surface area contributed by atoms with Crippen LogP contribution in [-0.2, 0) is 4.79 Å². The van der Waals surface area contributed by atoms with Crippen molar-refractivity contribution in [2.24, 2.45) is 5.73 Å². The lowest BCUT2D eigenvalue weighted by Gasteiger charge is -2.21. The van der Waals surface area contributed by atoms with E-state index in [9.17, 15) is 4.79 Å². The van der Waals surface area contributed by atoms with Crippen molar-refractivity contribution in [1.82, 2.24) is 9.80 Å². The Morgan fingerprint density at radius 2 is 2.06 bits per heavy atom. The molecule has 1 fully saturated rings. The zero-order valence-corrected chi connectivity index (χ0v) is 10.5. The van der Waals surface area contributed by atoms with Crippen LogP contribution in [0.2, 0.25) is 0 Å². The van der Waals surface area contributed by atoms with E-state index < -0.39 is 0 Å². The minimum Gasteiger partial charge on any atom is -0.341 e. The Labute approximate surface area is 98.8 Å². The highest BCUT2D eigenvalue weighted by Gasteiger charge is 2.17. The maximum absolute atomic E-state index is 11.9. The molecule has 0 aliphatic carbocycles. The third-order valence-corrected chi connectivity index (χ3v) is 3.13. The summed E-state index contributed by atoms with van der Waals surface area (Å²) in [5, 5.41) is 0.